The van der Waals surface area contributed by atoms with Crippen LogP contribution in [0.3, 0.4) is 0 Å². The van der Waals surface area contributed by atoms with Crippen molar-refractivity contribution in [2.45, 2.75) is 0 Å². The van der Waals surface area contributed by atoms with Gasteiger partial charge in [-0.15, -0.1) is 0 Å². The molecule has 1 aromatic heterocycles. The topological polar surface area (TPSA) is 50.2 Å². The molecule has 0 aliphatic heterocycles. The zero-order valence-corrected chi connectivity index (χ0v) is 14.3. The molecule has 110 valence electrons. The van der Waals surface area contributed by atoms with Crippen molar-refractivity contribution in [3.05, 3.63) is 48.0 Å². The summed E-state index contributed by atoms with van der Waals surface area (Å²) in [5.41, 5.74) is -0.152. The van der Waals surface area contributed by atoms with E-state index in [1.807, 2.05) is 0 Å². The number of pyridine rings is 1. The Bertz CT molecular complexity index is 733. The van der Waals surface area contributed by atoms with Crippen molar-refractivity contribution in [1.82, 2.24) is 4.98 Å². The molecule has 1 aromatic carbocycles. The van der Waals surface area contributed by atoms with Crippen LogP contribution >= 0.6 is 69.6 Å². The van der Waals surface area contributed by atoms with Crippen LogP contribution < -0.4 is 0 Å². The van der Waals surface area contributed by atoms with Gasteiger partial charge in [0.15, 0.2) is 0 Å². The van der Waals surface area contributed by atoms with Crippen LogP contribution in [0.15, 0.2) is 12.1 Å². The molecule has 9 heteroatoms. The minimum atomic E-state index is -1.23. The lowest BCUT2D eigenvalue weighted by atomic mass is 10.1. The first-order valence-electron chi connectivity index (χ1n) is 5.17. The summed E-state index contributed by atoms with van der Waals surface area (Å²) in [6.07, 6.45) is 0. The first-order chi connectivity index (χ1) is 9.75. The Morgan fingerprint density at radius 3 is 1.81 bits per heavy atom. The molecule has 2 rings (SSSR count). The lowest BCUT2D eigenvalue weighted by molar-refractivity contribution is 0.0697. The molecule has 0 aliphatic rings. The molecule has 0 amide bonds. The lowest BCUT2D eigenvalue weighted by Crippen LogP contribution is -2.03. The maximum absolute atomic E-state index is 11.3. The highest BCUT2D eigenvalue weighted by atomic mass is 35.5. The van der Waals surface area contributed by atoms with Gasteiger partial charge in [-0.25, -0.2) is 9.78 Å². The number of carboxylic acid groups (broad SMARTS) is 1. The van der Waals surface area contributed by atoms with E-state index in [9.17, 15) is 9.90 Å². The van der Waals surface area contributed by atoms with Crippen molar-refractivity contribution in [2.24, 2.45) is 0 Å². The van der Waals surface area contributed by atoms with Crippen molar-refractivity contribution in [1.29, 1.82) is 0 Å². The number of halogens is 6. The van der Waals surface area contributed by atoms with Crippen molar-refractivity contribution < 1.29 is 9.90 Å². The predicted molar refractivity (Wildman–Crippen MR) is 86.7 cm³/mol. The molecule has 0 aliphatic carbocycles. The third-order valence-corrected chi connectivity index (χ3v) is 5.03. The van der Waals surface area contributed by atoms with Crippen LogP contribution in [-0.4, -0.2) is 16.1 Å². The number of hydrogen-bond acceptors (Lipinski definition) is 2. The fraction of sp³-hybridized carbons (Fsp3) is 0. The normalized spacial score (nSPS) is 10.8. The van der Waals surface area contributed by atoms with Gasteiger partial charge in [-0.2, -0.15) is 0 Å². The first-order valence-corrected chi connectivity index (χ1v) is 7.44. The zero-order valence-electron chi connectivity index (χ0n) is 9.73. The van der Waals surface area contributed by atoms with E-state index in [4.69, 9.17) is 69.6 Å². The minimum absolute atomic E-state index is 0.0315. The van der Waals surface area contributed by atoms with Crippen LogP contribution in [0.2, 0.25) is 30.3 Å². The highest BCUT2D eigenvalue weighted by Crippen LogP contribution is 2.48. The number of rotatable bonds is 2. The van der Waals surface area contributed by atoms with Crippen LogP contribution in [0, 0.1) is 0 Å². The summed E-state index contributed by atoms with van der Waals surface area (Å²) in [5, 5.41) is 9.03. The van der Waals surface area contributed by atoms with E-state index < -0.39 is 5.97 Å². The average Bonchev–Trinajstić information content (AvgIpc) is 2.43. The fourth-order valence-electron chi connectivity index (χ4n) is 1.61. The van der Waals surface area contributed by atoms with Gasteiger partial charge < -0.3 is 5.11 Å². The van der Waals surface area contributed by atoms with Crippen LogP contribution in [0.1, 0.15) is 10.4 Å². The van der Waals surface area contributed by atoms with Gasteiger partial charge in [0.05, 0.1) is 36.4 Å². The van der Waals surface area contributed by atoms with Gasteiger partial charge in [0.1, 0.15) is 5.15 Å². The maximum atomic E-state index is 11.3. The van der Waals surface area contributed by atoms with Crippen molar-refractivity contribution in [3.63, 3.8) is 0 Å². The summed E-state index contributed by atoms with van der Waals surface area (Å²) < 4.78 is 0. The SMILES string of the molecule is O=C(O)c1ccc(Cl)nc1-c1c(Cl)c(Cl)c(Cl)c(Cl)c1Cl. The fourth-order valence-corrected chi connectivity index (χ4v) is 3.08. The molecular formula is C12H3Cl6NO2. The number of aromatic carboxylic acids is 1. The van der Waals surface area contributed by atoms with Crippen molar-refractivity contribution >= 4 is 75.6 Å². The Labute approximate surface area is 149 Å². The molecule has 0 saturated carbocycles. The Kier molecular flexibility index (Phi) is 5.14. The summed E-state index contributed by atoms with van der Waals surface area (Å²) in [6, 6.07) is 2.60. The molecule has 0 spiro atoms. The molecule has 1 N–H and O–H groups in total. The van der Waals surface area contributed by atoms with Crippen molar-refractivity contribution in [2.75, 3.05) is 0 Å². The Morgan fingerprint density at radius 1 is 0.857 bits per heavy atom. The van der Waals surface area contributed by atoms with E-state index >= 15 is 0 Å². The molecule has 3 nitrogen and oxygen atoms in total. The molecule has 0 unspecified atom stereocenters. The number of aromatic nitrogens is 1. The van der Waals surface area contributed by atoms with E-state index in [0.29, 0.717) is 0 Å². The Hall–Kier alpha value is -0.420. The number of benzene rings is 1. The zero-order chi connectivity index (χ0) is 15.9. The van der Waals surface area contributed by atoms with E-state index in [1.54, 1.807) is 0 Å². The van der Waals surface area contributed by atoms with Crippen LogP contribution in [0.25, 0.3) is 11.3 Å². The van der Waals surface area contributed by atoms with Gasteiger partial charge in [0.25, 0.3) is 0 Å². The predicted octanol–water partition coefficient (Wildman–Crippen LogP) is 6.37. The molecule has 0 radical (unpaired) electrons. The van der Waals surface area contributed by atoms with Gasteiger partial charge in [0, 0.05) is 5.56 Å². The number of nitrogens with zero attached hydrogens (tertiary/aromatic N) is 1. The van der Waals surface area contributed by atoms with E-state index in [1.165, 1.54) is 12.1 Å². The number of carbonyl (C=O) groups is 1. The second-order valence-corrected chi connectivity index (χ2v) is 6.06. The number of hydrogen-bond donors (Lipinski definition) is 1. The van der Waals surface area contributed by atoms with Crippen LogP contribution in [0.4, 0.5) is 0 Å². The average molecular weight is 406 g/mol. The summed E-state index contributed by atoms with van der Waals surface area (Å²) >= 11 is 35.8. The number of carboxylic acids is 1. The van der Waals surface area contributed by atoms with Gasteiger partial charge >= 0.3 is 5.97 Å². The van der Waals surface area contributed by atoms with E-state index in [0.717, 1.165) is 0 Å². The maximum Gasteiger partial charge on any atom is 0.337 e. The quantitative estimate of drug-likeness (QED) is 0.359. The van der Waals surface area contributed by atoms with E-state index in [2.05, 4.69) is 4.98 Å². The largest absolute Gasteiger partial charge is 0.478 e. The Balaban J connectivity index is 2.92. The monoisotopic (exact) mass is 403 g/mol. The lowest BCUT2D eigenvalue weighted by Gasteiger charge is -2.13. The van der Waals surface area contributed by atoms with Gasteiger partial charge in [-0.1, -0.05) is 69.6 Å². The van der Waals surface area contributed by atoms with Crippen LogP contribution in [-0.2, 0) is 0 Å². The summed E-state index contributed by atoms with van der Waals surface area (Å²) in [7, 11) is 0. The third-order valence-electron chi connectivity index (χ3n) is 2.54. The second kappa shape index (κ2) is 6.37. The molecule has 0 bridgehead atoms. The highest BCUT2D eigenvalue weighted by molar-refractivity contribution is 6.56. The third kappa shape index (κ3) is 3.04. The Morgan fingerprint density at radius 2 is 1.33 bits per heavy atom. The van der Waals surface area contributed by atoms with Crippen LogP contribution in [0.5, 0.6) is 0 Å². The molecule has 0 saturated heterocycles. The smallest absolute Gasteiger partial charge is 0.337 e. The van der Waals surface area contributed by atoms with Gasteiger partial charge in [-0.05, 0) is 12.1 Å². The van der Waals surface area contributed by atoms with Gasteiger partial charge in [0.2, 0.25) is 0 Å². The first kappa shape index (κ1) is 16.9. The standard InChI is InChI=1S/C12H3Cl6NO2/c13-4-2-1-3(12(20)21)11(19-4)5-6(14)8(16)10(18)9(17)7(5)15/h1-2H,(H,20,21). The molecule has 1 heterocycles. The highest BCUT2D eigenvalue weighted by Gasteiger charge is 2.25. The molecule has 2 aromatic rings. The molecular weight excluding hydrogens is 403 g/mol. The molecule has 0 atom stereocenters. The summed E-state index contributed by atoms with van der Waals surface area (Å²) in [4.78, 5) is 15.3. The van der Waals surface area contributed by atoms with Crippen molar-refractivity contribution in [3.8, 4) is 11.3 Å². The summed E-state index contributed by atoms with van der Waals surface area (Å²) in [5.74, 6) is -1.23. The molecule has 21 heavy (non-hydrogen) atoms. The molecule has 0 fully saturated rings. The summed E-state index contributed by atoms with van der Waals surface area (Å²) in [6.45, 7) is 0. The van der Waals surface area contributed by atoms with E-state index in [-0.39, 0.29) is 47.1 Å². The second-order valence-electron chi connectivity index (χ2n) is 3.78. The van der Waals surface area contributed by atoms with Gasteiger partial charge in [-0.3, -0.25) is 0 Å². The minimum Gasteiger partial charge on any atom is -0.478 e.